The zero-order valence-electron chi connectivity index (χ0n) is 16.6. The van der Waals surface area contributed by atoms with Gasteiger partial charge in [0.15, 0.2) is 5.11 Å². The lowest BCUT2D eigenvalue weighted by molar-refractivity contribution is 0.0606. The van der Waals surface area contributed by atoms with Crippen LogP contribution in [0.1, 0.15) is 15.2 Å². The van der Waals surface area contributed by atoms with Crippen molar-refractivity contribution in [1.82, 2.24) is 9.80 Å². The number of methoxy groups -OCH3 is 1. The topological polar surface area (TPSA) is 44.8 Å². The summed E-state index contributed by atoms with van der Waals surface area (Å²) >= 11 is 13.3. The average Bonchev–Trinajstić information content (AvgIpc) is 3.10. The van der Waals surface area contributed by atoms with Crippen LogP contribution in [0.15, 0.2) is 48.5 Å². The highest BCUT2D eigenvalue weighted by atomic mass is 35.5. The normalized spacial score (nSPS) is 14.7. The van der Waals surface area contributed by atoms with Gasteiger partial charge in [-0.1, -0.05) is 41.9 Å². The fourth-order valence-electron chi connectivity index (χ4n) is 3.52. The van der Waals surface area contributed by atoms with Crippen LogP contribution in [0.5, 0.6) is 0 Å². The molecule has 4 rings (SSSR count). The number of piperazine rings is 1. The Balaban J connectivity index is 1.37. The summed E-state index contributed by atoms with van der Waals surface area (Å²) in [6.07, 6.45) is 0. The van der Waals surface area contributed by atoms with Crippen molar-refractivity contribution in [2.75, 3.05) is 38.6 Å². The Labute approximate surface area is 190 Å². The number of hydrogen-bond acceptors (Lipinski definition) is 5. The van der Waals surface area contributed by atoms with E-state index in [1.165, 1.54) is 24.0 Å². The maximum Gasteiger partial charge on any atom is 0.349 e. The lowest BCUT2D eigenvalue weighted by atomic mass is 10.2. The number of hydrogen-bond donors (Lipinski definition) is 1. The molecule has 8 heteroatoms. The number of ether oxygens (including phenoxy) is 1. The van der Waals surface area contributed by atoms with E-state index in [9.17, 15) is 4.79 Å². The molecule has 2 aromatic carbocycles. The van der Waals surface area contributed by atoms with Crippen LogP contribution in [0.4, 0.5) is 5.69 Å². The minimum atomic E-state index is -0.417. The summed E-state index contributed by atoms with van der Waals surface area (Å²) in [4.78, 5) is 16.9. The largest absolute Gasteiger partial charge is 0.465 e. The highest BCUT2D eigenvalue weighted by Gasteiger charge is 2.20. The van der Waals surface area contributed by atoms with E-state index in [1.54, 1.807) is 0 Å². The number of carbonyl (C=O) groups is 1. The quantitative estimate of drug-likeness (QED) is 0.444. The van der Waals surface area contributed by atoms with Gasteiger partial charge in [0.1, 0.15) is 4.88 Å². The third-order valence-electron chi connectivity index (χ3n) is 5.16. The van der Waals surface area contributed by atoms with Gasteiger partial charge in [-0.25, -0.2) is 4.79 Å². The molecule has 0 spiro atoms. The van der Waals surface area contributed by atoms with Gasteiger partial charge >= 0.3 is 5.97 Å². The fourth-order valence-corrected chi connectivity index (χ4v) is 5.29. The second-order valence-electron chi connectivity index (χ2n) is 7.13. The van der Waals surface area contributed by atoms with Gasteiger partial charge in [0.2, 0.25) is 0 Å². The number of thiophene rings is 1. The molecule has 3 aromatic rings. The second kappa shape index (κ2) is 9.31. The summed E-state index contributed by atoms with van der Waals surface area (Å²) < 4.78 is 5.72. The first-order chi connectivity index (χ1) is 14.5. The van der Waals surface area contributed by atoms with Crippen LogP contribution in [-0.2, 0) is 11.3 Å². The first-order valence-electron chi connectivity index (χ1n) is 9.67. The molecule has 0 radical (unpaired) electrons. The van der Waals surface area contributed by atoms with Gasteiger partial charge in [0.05, 0.1) is 12.1 Å². The van der Waals surface area contributed by atoms with Gasteiger partial charge in [0, 0.05) is 48.5 Å². The van der Waals surface area contributed by atoms with E-state index in [1.807, 2.05) is 24.3 Å². The molecule has 0 amide bonds. The summed E-state index contributed by atoms with van der Waals surface area (Å²) in [5.41, 5.74) is 2.22. The number of benzene rings is 2. The summed E-state index contributed by atoms with van der Waals surface area (Å²) in [7, 11) is 1.36. The van der Waals surface area contributed by atoms with Gasteiger partial charge in [-0.15, -0.1) is 11.3 Å². The SMILES string of the molecule is COC(=O)c1sc2cc(NC(=S)N3CCN(Cc4ccccc4)CC3)ccc2c1Cl. The summed E-state index contributed by atoms with van der Waals surface area (Å²) in [6.45, 7) is 4.68. The first-order valence-corrected chi connectivity index (χ1v) is 11.3. The van der Waals surface area contributed by atoms with E-state index in [0.29, 0.717) is 15.0 Å². The van der Waals surface area contributed by atoms with Crippen molar-refractivity contribution < 1.29 is 9.53 Å². The van der Waals surface area contributed by atoms with Gasteiger partial charge < -0.3 is 15.0 Å². The Hall–Kier alpha value is -2.19. The fraction of sp³-hybridized carbons (Fsp3) is 0.273. The van der Waals surface area contributed by atoms with Crippen molar-refractivity contribution in [3.05, 3.63) is 64.0 Å². The number of thiocarbonyl (C=S) groups is 1. The second-order valence-corrected chi connectivity index (χ2v) is 8.94. The third-order valence-corrected chi connectivity index (χ3v) is 7.16. The maximum absolute atomic E-state index is 11.9. The molecule has 1 saturated heterocycles. The number of rotatable bonds is 4. The smallest absolute Gasteiger partial charge is 0.349 e. The van der Waals surface area contributed by atoms with Crippen molar-refractivity contribution >= 4 is 62.0 Å². The van der Waals surface area contributed by atoms with Crippen molar-refractivity contribution in [2.24, 2.45) is 0 Å². The molecule has 30 heavy (non-hydrogen) atoms. The lowest BCUT2D eigenvalue weighted by Gasteiger charge is -2.36. The minimum absolute atomic E-state index is 0.417. The van der Waals surface area contributed by atoms with E-state index < -0.39 is 5.97 Å². The molecular weight excluding hydrogens is 438 g/mol. The lowest BCUT2D eigenvalue weighted by Crippen LogP contribution is -2.49. The standard InChI is InChI=1S/C22H22ClN3O2S2/c1-28-21(27)20-19(23)17-8-7-16(13-18(17)30-20)24-22(29)26-11-9-25(10-12-26)14-15-5-3-2-4-6-15/h2-8,13H,9-12,14H2,1H3,(H,24,29). The number of halogens is 1. The van der Waals surface area contributed by atoms with E-state index in [2.05, 4.69) is 39.4 Å². The number of anilines is 1. The van der Waals surface area contributed by atoms with Gasteiger partial charge in [0.25, 0.3) is 0 Å². The van der Waals surface area contributed by atoms with E-state index in [-0.39, 0.29) is 0 Å². The number of nitrogens with zero attached hydrogens (tertiary/aromatic N) is 2. The Morgan fingerprint density at radius 1 is 1.17 bits per heavy atom. The van der Waals surface area contributed by atoms with E-state index in [0.717, 1.165) is 48.5 Å². The summed E-state index contributed by atoms with van der Waals surface area (Å²) in [5.74, 6) is -0.417. The monoisotopic (exact) mass is 459 g/mol. The molecule has 156 valence electrons. The molecule has 2 heterocycles. The van der Waals surface area contributed by atoms with Crippen LogP contribution < -0.4 is 5.32 Å². The number of fused-ring (bicyclic) bond motifs is 1. The minimum Gasteiger partial charge on any atom is -0.465 e. The zero-order chi connectivity index (χ0) is 21.1. The predicted molar refractivity (Wildman–Crippen MR) is 128 cm³/mol. The molecule has 0 bridgehead atoms. The maximum atomic E-state index is 11.9. The third kappa shape index (κ3) is 4.59. The Morgan fingerprint density at radius 3 is 2.60 bits per heavy atom. The van der Waals surface area contributed by atoms with E-state index in [4.69, 9.17) is 28.6 Å². The molecule has 1 aliphatic heterocycles. The number of nitrogens with one attached hydrogen (secondary N) is 1. The molecule has 1 aromatic heterocycles. The van der Waals surface area contributed by atoms with Crippen molar-refractivity contribution in [2.45, 2.75) is 6.54 Å². The molecule has 0 unspecified atom stereocenters. The molecule has 1 aliphatic rings. The Kier molecular flexibility index (Phi) is 6.53. The van der Waals surface area contributed by atoms with Crippen molar-refractivity contribution in [3.63, 3.8) is 0 Å². The van der Waals surface area contributed by atoms with Gasteiger partial charge in [-0.3, -0.25) is 4.90 Å². The highest BCUT2D eigenvalue weighted by molar-refractivity contribution is 7.80. The van der Waals surface area contributed by atoms with Crippen LogP contribution in [0.25, 0.3) is 10.1 Å². The molecule has 1 fully saturated rings. The average molecular weight is 460 g/mol. The van der Waals surface area contributed by atoms with Crippen LogP contribution in [0.2, 0.25) is 5.02 Å². The van der Waals surface area contributed by atoms with Crippen molar-refractivity contribution in [3.8, 4) is 0 Å². The Bertz CT molecular complexity index is 1060. The van der Waals surface area contributed by atoms with E-state index >= 15 is 0 Å². The first kappa shape index (κ1) is 21.1. The Morgan fingerprint density at radius 2 is 1.90 bits per heavy atom. The molecule has 5 nitrogen and oxygen atoms in total. The molecule has 1 N–H and O–H groups in total. The van der Waals surface area contributed by atoms with Gasteiger partial charge in [-0.05, 0) is 36.0 Å². The van der Waals surface area contributed by atoms with Crippen LogP contribution in [0.3, 0.4) is 0 Å². The zero-order valence-corrected chi connectivity index (χ0v) is 18.9. The van der Waals surface area contributed by atoms with Gasteiger partial charge in [-0.2, -0.15) is 0 Å². The molecule has 0 saturated carbocycles. The molecule has 0 atom stereocenters. The molecular formula is C22H22ClN3O2S2. The van der Waals surface area contributed by atoms with Crippen LogP contribution in [0, 0.1) is 0 Å². The van der Waals surface area contributed by atoms with Crippen molar-refractivity contribution in [1.29, 1.82) is 0 Å². The summed E-state index contributed by atoms with van der Waals surface area (Å²) in [5, 5.41) is 5.32. The predicted octanol–water partition coefficient (Wildman–Crippen LogP) is 4.86. The number of carbonyl (C=O) groups excluding carboxylic acids is 1. The molecule has 0 aliphatic carbocycles. The highest BCUT2D eigenvalue weighted by Crippen LogP contribution is 2.37. The number of esters is 1. The van der Waals surface area contributed by atoms with Crippen LogP contribution in [-0.4, -0.2) is 54.2 Å². The summed E-state index contributed by atoms with van der Waals surface area (Å²) in [6, 6.07) is 16.3. The van der Waals surface area contributed by atoms with Crippen LogP contribution >= 0.6 is 35.2 Å².